The third kappa shape index (κ3) is 4.13. The first kappa shape index (κ1) is 20.3. The zero-order chi connectivity index (χ0) is 21.3. The van der Waals surface area contributed by atoms with E-state index in [0.717, 1.165) is 16.7 Å². The number of nitrogens with zero attached hydrogens (tertiary/aromatic N) is 2. The van der Waals surface area contributed by atoms with E-state index in [-0.39, 0.29) is 24.5 Å². The molecule has 0 amide bonds. The first-order valence-corrected chi connectivity index (χ1v) is 10.4. The molecule has 4 rings (SSSR count). The summed E-state index contributed by atoms with van der Waals surface area (Å²) in [5, 5.41) is 12.7. The quantitative estimate of drug-likeness (QED) is 0.501. The van der Waals surface area contributed by atoms with E-state index >= 15 is 0 Å². The number of hydrogen-bond acceptors (Lipinski definition) is 5. The van der Waals surface area contributed by atoms with Gasteiger partial charge in [0.1, 0.15) is 29.1 Å². The number of aromatic nitrogens is 2. The highest BCUT2D eigenvalue weighted by Gasteiger charge is 2.16. The fourth-order valence-electron chi connectivity index (χ4n) is 3.27. The fourth-order valence-corrected chi connectivity index (χ4v) is 4.17. The van der Waals surface area contributed by atoms with Crippen LogP contribution in [0.3, 0.4) is 0 Å². The maximum atomic E-state index is 13.3. The van der Waals surface area contributed by atoms with Gasteiger partial charge >= 0.3 is 0 Å². The van der Waals surface area contributed by atoms with Gasteiger partial charge in [0, 0.05) is 10.9 Å². The normalized spacial score (nSPS) is 12.3. The van der Waals surface area contributed by atoms with Gasteiger partial charge in [-0.25, -0.2) is 9.37 Å². The molecule has 0 aliphatic carbocycles. The van der Waals surface area contributed by atoms with Gasteiger partial charge in [-0.1, -0.05) is 24.3 Å². The number of aliphatic hydroxyl groups excluding tert-OH is 1. The minimum atomic E-state index is -0.880. The Labute approximate surface area is 177 Å². The topological polar surface area (TPSA) is 64.3 Å². The summed E-state index contributed by atoms with van der Waals surface area (Å²) >= 11 is 1.36. The van der Waals surface area contributed by atoms with Gasteiger partial charge in [0.25, 0.3) is 5.56 Å². The van der Waals surface area contributed by atoms with Gasteiger partial charge in [0.2, 0.25) is 0 Å². The van der Waals surface area contributed by atoms with Gasteiger partial charge in [-0.15, -0.1) is 11.3 Å². The highest BCUT2D eigenvalue weighted by Crippen LogP contribution is 2.30. The first-order chi connectivity index (χ1) is 14.4. The Hall–Kier alpha value is -3.03. The van der Waals surface area contributed by atoms with E-state index in [2.05, 4.69) is 4.98 Å². The van der Waals surface area contributed by atoms with Gasteiger partial charge in [-0.05, 0) is 48.7 Å². The van der Waals surface area contributed by atoms with Crippen LogP contribution in [0.5, 0.6) is 5.75 Å². The van der Waals surface area contributed by atoms with Gasteiger partial charge in [-0.3, -0.25) is 9.36 Å². The summed E-state index contributed by atoms with van der Waals surface area (Å²) in [5.41, 5.74) is 3.27. The molecular weight excluding hydrogens is 403 g/mol. The van der Waals surface area contributed by atoms with Crippen LogP contribution in [-0.4, -0.2) is 27.4 Å². The molecule has 0 aliphatic rings. The molecule has 2 aromatic carbocycles. The van der Waals surface area contributed by atoms with E-state index in [4.69, 9.17) is 4.74 Å². The molecule has 0 fully saturated rings. The third-order valence-electron chi connectivity index (χ3n) is 4.90. The van der Waals surface area contributed by atoms with Crippen molar-refractivity contribution in [2.75, 3.05) is 6.61 Å². The summed E-state index contributed by atoms with van der Waals surface area (Å²) in [7, 11) is 0. The standard InChI is InChI=1S/C23H21FN2O3S/c1-14-3-4-15(2)20(9-14)29-11-18(27)10-26-13-25-22-21(23(26)28)19(12-30-22)16-5-7-17(24)8-6-16/h3-9,12-13,18,27H,10-11H2,1-2H3/t18-/m0/s1. The van der Waals surface area contributed by atoms with Crippen LogP contribution in [-0.2, 0) is 6.54 Å². The lowest BCUT2D eigenvalue weighted by Crippen LogP contribution is -2.30. The molecule has 0 bridgehead atoms. The lowest BCUT2D eigenvalue weighted by molar-refractivity contribution is 0.0911. The zero-order valence-electron chi connectivity index (χ0n) is 16.6. The molecule has 2 aromatic heterocycles. The summed E-state index contributed by atoms with van der Waals surface area (Å²) < 4.78 is 20.4. The largest absolute Gasteiger partial charge is 0.491 e. The molecule has 0 radical (unpaired) electrons. The van der Waals surface area contributed by atoms with Crippen LogP contribution in [0, 0.1) is 19.7 Å². The van der Waals surface area contributed by atoms with Crippen molar-refractivity contribution in [1.82, 2.24) is 9.55 Å². The maximum Gasteiger partial charge on any atom is 0.262 e. The van der Waals surface area contributed by atoms with E-state index in [1.807, 2.05) is 37.4 Å². The molecule has 1 N–H and O–H groups in total. The second-order valence-electron chi connectivity index (χ2n) is 7.27. The van der Waals surface area contributed by atoms with E-state index in [9.17, 15) is 14.3 Å². The lowest BCUT2D eigenvalue weighted by Gasteiger charge is -2.15. The molecular formula is C23H21FN2O3S. The van der Waals surface area contributed by atoms with E-state index in [1.165, 1.54) is 34.4 Å². The average Bonchev–Trinajstić information content (AvgIpc) is 3.16. The van der Waals surface area contributed by atoms with Crippen molar-refractivity contribution in [3.05, 3.63) is 81.5 Å². The molecule has 0 unspecified atom stereocenters. The molecule has 0 saturated carbocycles. The minimum Gasteiger partial charge on any atom is -0.491 e. The number of aliphatic hydroxyl groups is 1. The van der Waals surface area contributed by atoms with Crippen LogP contribution in [0.1, 0.15) is 11.1 Å². The molecule has 154 valence electrons. The van der Waals surface area contributed by atoms with Gasteiger partial charge in [-0.2, -0.15) is 0 Å². The zero-order valence-corrected chi connectivity index (χ0v) is 17.4. The fraction of sp³-hybridized carbons (Fsp3) is 0.217. The van der Waals surface area contributed by atoms with Crippen molar-refractivity contribution >= 4 is 21.6 Å². The van der Waals surface area contributed by atoms with Gasteiger partial charge in [0.15, 0.2) is 0 Å². The predicted octanol–water partition coefficient (Wildman–Crippen LogP) is 4.32. The highest BCUT2D eigenvalue weighted by molar-refractivity contribution is 7.17. The first-order valence-electron chi connectivity index (χ1n) is 9.53. The predicted molar refractivity (Wildman–Crippen MR) is 117 cm³/mol. The van der Waals surface area contributed by atoms with Crippen LogP contribution < -0.4 is 10.3 Å². The van der Waals surface area contributed by atoms with Crippen molar-refractivity contribution in [3.8, 4) is 16.9 Å². The maximum absolute atomic E-state index is 13.3. The van der Waals surface area contributed by atoms with E-state index in [0.29, 0.717) is 21.5 Å². The SMILES string of the molecule is Cc1ccc(C)c(OC[C@@H](O)Cn2cnc3scc(-c4ccc(F)cc4)c3c2=O)c1. The molecule has 4 aromatic rings. The molecule has 0 spiro atoms. The molecule has 30 heavy (non-hydrogen) atoms. The van der Waals surface area contributed by atoms with Crippen LogP contribution in [0.15, 0.2) is 59.0 Å². The number of thiophene rings is 1. The van der Waals surface area contributed by atoms with E-state index < -0.39 is 6.10 Å². The van der Waals surface area contributed by atoms with Gasteiger partial charge in [0.05, 0.1) is 18.3 Å². The number of benzene rings is 2. The third-order valence-corrected chi connectivity index (χ3v) is 5.78. The van der Waals surface area contributed by atoms with Crippen molar-refractivity contribution in [2.24, 2.45) is 0 Å². The summed E-state index contributed by atoms with van der Waals surface area (Å²) in [6.07, 6.45) is 0.561. The summed E-state index contributed by atoms with van der Waals surface area (Å²) in [6.45, 7) is 4.04. The monoisotopic (exact) mass is 424 g/mol. The molecule has 1 atom stereocenters. The second kappa shape index (κ2) is 8.38. The summed E-state index contributed by atoms with van der Waals surface area (Å²) in [5.74, 6) is 0.382. The van der Waals surface area contributed by atoms with Crippen molar-refractivity contribution in [1.29, 1.82) is 0 Å². The van der Waals surface area contributed by atoms with Crippen LogP contribution >= 0.6 is 11.3 Å². The number of ether oxygens (including phenoxy) is 1. The Morgan fingerprint density at radius 1 is 1.20 bits per heavy atom. The molecule has 5 nitrogen and oxygen atoms in total. The van der Waals surface area contributed by atoms with Crippen molar-refractivity contribution in [2.45, 2.75) is 26.5 Å². The highest BCUT2D eigenvalue weighted by atomic mass is 32.1. The number of hydrogen-bond donors (Lipinski definition) is 1. The molecule has 0 aliphatic heterocycles. The number of aryl methyl sites for hydroxylation is 2. The second-order valence-corrected chi connectivity index (χ2v) is 8.13. The van der Waals surface area contributed by atoms with Crippen LogP contribution in [0.4, 0.5) is 4.39 Å². The number of fused-ring (bicyclic) bond motifs is 1. The Bertz CT molecular complexity index is 1250. The lowest BCUT2D eigenvalue weighted by atomic mass is 10.1. The van der Waals surface area contributed by atoms with Crippen molar-refractivity contribution in [3.63, 3.8) is 0 Å². The van der Waals surface area contributed by atoms with Crippen molar-refractivity contribution < 1.29 is 14.2 Å². The Morgan fingerprint density at radius 3 is 2.73 bits per heavy atom. The van der Waals surface area contributed by atoms with E-state index in [1.54, 1.807) is 12.1 Å². The summed E-state index contributed by atoms with van der Waals surface area (Å²) in [6, 6.07) is 11.9. The molecule has 0 saturated heterocycles. The molecule has 7 heteroatoms. The summed E-state index contributed by atoms with van der Waals surface area (Å²) in [4.78, 5) is 18.0. The van der Waals surface area contributed by atoms with Crippen LogP contribution in [0.2, 0.25) is 0 Å². The van der Waals surface area contributed by atoms with Gasteiger partial charge < -0.3 is 9.84 Å². The Kier molecular flexibility index (Phi) is 5.65. The van der Waals surface area contributed by atoms with Crippen LogP contribution in [0.25, 0.3) is 21.3 Å². The number of halogens is 1. The number of rotatable bonds is 6. The Morgan fingerprint density at radius 2 is 1.97 bits per heavy atom. The minimum absolute atomic E-state index is 0.0588. The Balaban J connectivity index is 1.56. The smallest absolute Gasteiger partial charge is 0.262 e. The molecule has 2 heterocycles. The average molecular weight is 424 g/mol.